The molecule has 0 saturated carbocycles. The van der Waals surface area contributed by atoms with Gasteiger partial charge in [0, 0.05) is 24.1 Å². The summed E-state index contributed by atoms with van der Waals surface area (Å²) in [5.41, 5.74) is 1.76. The molecular formula is C19H20FN3O3. The van der Waals surface area contributed by atoms with Crippen molar-refractivity contribution >= 4 is 17.2 Å². The molecule has 2 heterocycles. The molecule has 7 heteroatoms. The van der Waals surface area contributed by atoms with Crippen LogP contribution in [0.3, 0.4) is 0 Å². The molecule has 0 aliphatic carbocycles. The number of amides is 1. The maximum atomic E-state index is 13.2. The number of pyridine rings is 1. The summed E-state index contributed by atoms with van der Waals surface area (Å²) in [6, 6.07) is 8.15. The molecular weight excluding hydrogens is 337 g/mol. The Morgan fingerprint density at radius 3 is 2.65 bits per heavy atom. The van der Waals surface area contributed by atoms with Gasteiger partial charge in [0.15, 0.2) is 11.5 Å². The smallest absolute Gasteiger partial charge is 0.230 e. The van der Waals surface area contributed by atoms with Crippen molar-refractivity contribution in [1.82, 2.24) is 9.38 Å². The van der Waals surface area contributed by atoms with Crippen LogP contribution in [0.2, 0.25) is 0 Å². The van der Waals surface area contributed by atoms with E-state index >= 15 is 0 Å². The molecule has 0 aliphatic rings. The van der Waals surface area contributed by atoms with E-state index in [0.29, 0.717) is 41.7 Å². The minimum absolute atomic E-state index is 0.0838. The summed E-state index contributed by atoms with van der Waals surface area (Å²) < 4.78 is 25.9. The maximum Gasteiger partial charge on any atom is 0.230 e. The van der Waals surface area contributed by atoms with Gasteiger partial charge in [-0.15, -0.1) is 0 Å². The Hall–Kier alpha value is -3.09. The van der Waals surface area contributed by atoms with Crippen LogP contribution >= 0.6 is 0 Å². The highest BCUT2D eigenvalue weighted by Gasteiger charge is 2.11. The van der Waals surface area contributed by atoms with Gasteiger partial charge in [0.2, 0.25) is 5.91 Å². The summed E-state index contributed by atoms with van der Waals surface area (Å²) in [5, 5.41) is 2.82. The molecule has 26 heavy (non-hydrogen) atoms. The molecule has 0 radical (unpaired) electrons. The van der Waals surface area contributed by atoms with Crippen LogP contribution in [-0.4, -0.2) is 28.5 Å². The lowest BCUT2D eigenvalue weighted by Crippen LogP contribution is -2.14. The number of anilines is 1. The average Bonchev–Trinajstić information content (AvgIpc) is 2.98. The maximum absolute atomic E-state index is 13.2. The second-order valence-corrected chi connectivity index (χ2v) is 5.60. The first kappa shape index (κ1) is 17.7. The highest BCUT2D eigenvalue weighted by molar-refractivity contribution is 5.92. The van der Waals surface area contributed by atoms with Crippen LogP contribution in [0.4, 0.5) is 10.1 Å². The number of nitrogens with zero attached hydrogens (tertiary/aromatic N) is 2. The number of hydrogen-bond donors (Lipinski definition) is 1. The number of rotatable bonds is 7. The van der Waals surface area contributed by atoms with E-state index < -0.39 is 0 Å². The summed E-state index contributed by atoms with van der Waals surface area (Å²) in [6.45, 7) is 4.80. The summed E-state index contributed by atoms with van der Waals surface area (Å²) >= 11 is 0. The Bertz CT molecular complexity index is 924. The quantitative estimate of drug-likeness (QED) is 0.703. The highest BCUT2D eigenvalue weighted by Crippen LogP contribution is 2.30. The first-order valence-corrected chi connectivity index (χ1v) is 8.41. The Morgan fingerprint density at radius 1 is 1.12 bits per heavy atom. The van der Waals surface area contributed by atoms with Crippen molar-refractivity contribution in [2.45, 2.75) is 20.3 Å². The number of halogens is 1. The van der Waals surface area contributed by atoms with Crippen LogP contribution in [0.25, 0.3) is 5.65 Å². The molecule has 2 aromatic heterocycles. The van der Waals surface area contributed by atoms with Crippen LogP contribution in [-0.2, 0) is 11.2 Å². The van der Waals surface area contributed by atoms with E-state index in [-0.39, 0.29) is 18.1 Å². The third-order valence-electron chi connectivity index (χ3n) is 3.63. The second-order valence-electron chi connectivity index (χ2n) is 5.60. The van der Waals surface area contributed by atoms with Crippen molar-refractivity contribution < 1.29 is 18.7 Å². The molecule has 0 saturated heterocycles. The number of fused-ring (bicyclic) bond motifs is 1. The molecule has 0 atom stereocenters. The Kier molecular flexibility index (Phi) is 5.36. The van der Waals surface area contributed by atoms with Gasteiger partial charge in [-0.05, 0) is 38.1 Å². The van der Waals surface area contributed by atoms with Crippen LogP contribution in [0.5, 0.6) is 11.5 Å². The minimum atomic E-state index is -0.358. The lowest BCUT2D eigenvalue weighted by molar-refractivity contribution is -0.115. The second kappa shape index (κ2) is 7.86. The zero-order valence-corrected chi connectivity index (χ0v) is 14.7. The van der Waals surface area contributed by atoms with Crippen molar-refractivity contribution in [1.29, 1.82) is 0 Å². The number of hydrogen-bond acceptors (Lipinski definition) is 4. The zero-order chi connectivity index (χ0) is 18.5. The summed E-state index contributed by atoms with van der Waals surface area (Å²) in [7, 11) is 0. The van der Waals surface area contributed by atoms with Crippen molar-refractivity contribution in [2.75, 3.05) is 18.5 Å². The molecule has 3 aromatic rings. The lowest BCUT2D eigenvalue weighted by Gasteiger charge is -2.12. The number of imidazole rings is 1. The molecule has 1 amide bonds. The monoisotopic (exact) mass is 357 g/mol. The van der Waals surface area contributed by atoms with Gasteiger partial charge in [-0.25, -0.2) is 9.37 Å². The Labute approximate surface area is 150 Å². The van der Waals surface area contributed by atoms with Crippen LogP contribution in [0, 0.1) is 5.82 Å². The summed E-state index contributed by atoms with van der Waals surface area (Å²) in [5.74, 6) is 0.634. The number of ether oxygens (including phenoxy) is 2. The van der Waals surface area contributed by atoms with E-state index in [0.717, 1.165) is 0 Å². The molecule has 0 spiro atoms. The molecule has 6 nitrogen and oxygen atoms in total. The SMILES string of the molecule is CCOc1ccc(NC(=O)Cc2cn3cc(F)ccc3n2)cc1OCC. The van der Waals surface area contributed by atoms with Crippen molar-refractivity contribution in [2.24, 2.45) is 0 Å². The largest absolute Gasteiger partial charge is 0.490 e. The Morgan fingerprint density at radius 2 is 1.88 bits per heavy atom. The van der Waals surface area contributed by atoms with Gasteiger partial charge in [0.25, 0.3) is 0 Å². The molecule has 0 fully saturated rings. The zero-order valence-electron chi connectivity index (χ0n) is 14.7. The number of carbonyl (C=O) groups excluding carboxylic acids is 1. The van der Waals surface area contributed by atoms with E-state index in [1.54, 1.807) is 34.9 Å². The van der Waals surface area contributed by atoms with E-state index in [9.17, 15) is 9.18 Å². The van der Waals surface area contributed by atoms with E-state index in [1.165, 1.54) is 12.3 Å². The van der Waals surface area contributed by atoms with Gasteiger partial charge in [-0.1, -0.05) is 0 Å². The summed E-state index contributed by atoms with van der Waals surface area (Å²) in [6.07, 6.45) is 3.05. The molecule has 0 bridgehead atoms. The number of carbonyl (C=O) groups is 1. The van der Waals surface area contributed by atoms with E-state index in [4.69, 9.17) is 9.47 Å². The van der Waals surface area contributed by atoms with E-state index in [2.05, 4.69) is 10.3 Å². The van der Waals surface area contributed by atoms with Gasteiger partial charge >= 0.3 is 0 Å². The van der Waals surface area contributed by atoms with Gasteiger partial charge in [0.1, 0.15) is 11.5 Å². The van der Waals surface area contributed by atoms with Crippen molar-refractivity contribution in [3.63, 3.8) is 0 Å². The van der Waals surface area contributed by atoms with Crippen LogP contribution < -0.4 is 14.8 Å². The fraction of sp³-hybridized carbons (Fsp3) is 0.263. The van der Waals surface area contributed by atoms with Crippen molar-refractivity contribution in [3.05, 3.63) is 54.2 Å². The number of nitrogens with one attached hydrogen (secondary N) is 1. The minimum Gasteiger partial charge on any atom is -0.490 e. The number of aromatic nitrogens is 2. The molecule has 0 unspecified atom stereocenters. The van der Waals surface area contributed by atoms with Gasteiger partial charge < -0.3 is 19.2 Å². The molecule has 0 aliphatic heterocycles. The standard InChI is InChI=1S/C19H20FN3O3/c1-3-25-16-7-6-14(9-17(16)26-4-2)22-19(24)10-15-12-23-11-13(20)5-8-18(23)21-15/h5-9,11-12H,3-4,10H2,1-2H3,(H,22,24). The fourth-order valence-electron chi connectivity index (χ4n) is 2.60. The highest BCUT2D eigenvalue weighted by atomic mass is 19.1. The van der Waals surface area contributed by atoms with Crippen LogP contribution in [0.15, 0.2) is 42.7 Å². The molecule has 1 aromatic carbocycles. The predicted molar refractivity (Wildman–Crippen MR) is 96.3 cm³/mol. The average molecular weight is 357 g/mol. The molecule has 3 rings (SSSR count). The predicted octanol–water partition coefficient (Wildman–Crippen LogP) is 3.45. The third-order valence-corrected chi connectivity index (χ3v) is 3.63. The van der Waals surface area contributed by atoms with E-state index in [1.807, 2.05) is 13.8 Å². The van der Waals surface area contributed by atoms with Gasteiger partial charge in [-0.3, -0.25) is 4.79 Å². The molecule has 1 N–H and O–H groups in total. The van der Waals surface area contributed by atoms with Gasteiger partial charge in [-0.2, -0.15) is 0 Å². The van der Waals surface area contributed by atoms with Crippen molar-refractivity contribution in [3.8, 4) is 11.5 Å². The Balaban J connectivity index is 1.71. The van der Waals surface area contributed by atoms with Gasteiger partial charge in [0.05, 0.1) is 25.3 Å². The first-order valence-electron chi connectivity index (χ1n) is 8.41. The normalized spacial score (nSPS) is 10.7. The topological polar surface area (TPSA) is 64.9 Å². The van der Waals surface area contributed by atoms with Crippen LogP contribution in [0.1, 0.15) is 19.5 Å². The summed E-state index contributed by atoms with van der Waals surface area (Å²) in [4.78, 5) is 16.6. The number of benzene rings is 1. The first-order chi connectivity index (χ1) is 12.6. The fourth-order valence-corrected chi connectivity index (χ4v) is 2.60. The third kappa shape index (κ3) is 4.11. The lowest BCUT2D eigenvalue weighted by atomic mass is 10.2. The molecule has 136 valence electrons.